The Kier molecular flexibility index (Phi) is 3.02. The molecule has 0 saturated carbocycles. The molecule has 106 valence electrons. The van der Waals surface area contributed by atoms with Crippen LogP contribution in [-0.2, 0) is 0 Å². The zero-order valence-corrected chi connectivity index (χ0v) is 11.8. The fourth-order valence-electron chi connectivity index (χ4n) is 2.27. The molecule has 7 nitrogen and oxygen atoms in total. The fourth-order valence-corrected chi connectivity index (χ4v) is 2.27. The molecule has 3 rings (SSSR count). The Morgan fingerprint density at radius 1 is 1.33 bits per heavy atom. The van der Waals surface area contributed by atoms with Crippen molar-refractivity contribution in [1.29, 1.82) is 5.41 Å². The van der Waals surface area contributed by atoms with Gasteiger partial charge in [0.25, 0.3) is 5.78 Å². The molecule has 2 aromatic heterocycles. The van der Waals surface area contributed by atoms with E-state index in [0.717, 1.165) is 17.2 Å². The van der Waals surface area contributed by atoms with Gasteiger partial charge >= 0.3 is 0 Å². The number of aromatic nitrogens is 4. The summed E-state index contributed by atoms with van der Waals surface area (Å²) < 4.78 is 1.66. The predicted octanol–water partition coefficient (Wildman–Crippen LogP) is 1.48. The summed E-state index contributed by atoms with van der Waals surface area (Å²) in [6.07, 6.45) is 1.47. The third-order valence-corrected chi connectivity index (χ3v) is 3.26. The number of rotatable bonds is 3. The van der Waals surface area contributed by atoms with Gasteiger partial charge in [-0.1, -0.05) is 12.1 Å². The van der Waals surface area contributed by atoms with Crippen molar-refractivity contribution >= 4 is 23.1 Å². The zero-order chi connectivity index (χ0) is 15.0. The van der Waals surface area contributed by atoms with Gasteiger partial charge in [0.1, 0.15) is 18.0 Å². The highest BCUT2D eigenvalue weighted by Gasteiger charge is 2.15. The van der Waals surface area contributed by atoms with Crippen LogP contribution in [0.1, 0.15) is 11.3 Å². The largest absolute Gasteiger partial charge is 0.384 e. The Bertz CT molecular complexity index is 821. The van der Waals surface area contributed by atoms with E-state index in [-0.39, 0.29) is 5.84 Å². The molecule has 7 heteroatoms. The number of anilines is 2. The van der Waals surface area contributed by atoms with Crippen LogP contribution in [0.15, 0.2) is 36.7 Å². The van der Waals surface area contributed by atoms with Crippen molar-refractivity contribution in [3.8, 4) is 0 Å². The van der Waals surface area contributed by atoms with Gasteiger partial charge in [0.05, 0.1) is 5.69 Å². The Morgan fingerprint density at radius 2 is 2.10 bits per heavy atom. The highest BCUT2D eigenvalue weighted by Crippen LogP contribution is 2.27. The van der Waals surface area contributed by atoms with E-state index in [0.29, 0.717) is 11.3 Å². The average Bonchev–Trinajstić information content (AvgIpc) is 2.93. The number of amidine groups is 1. The number of nitrogens with two attached hydrogens (primary N) is 1. The lowest BCUT2D eigenvalue weighted by Crippen LogP contribution is -2.20. The van der Waals surface area contributed by atoms with Crippen LogP contribution in [0.3, 0.4) is 0 Å². The van der Waals surface area contributed by atoms with Gasteiger partial charge < -0.3 is 10.6 Å². The number of nitrogens with one attached hydrogen (secondary N) is 1. The summed E-state index contributed by atoms with van der Waals surface area (Å²) in [5, 5.41) is 11.9. The number of hydrogen-bond donors (Lipinski definition) is 2. The van der Waals surface area contributed by atoms with E-state index in [1.54, 1.807) is 4.52 Å². The fraction of sp³-hybridized carbons (Fsp3) is 0.143. The van der Waals surface area contributed by atoms with Gasteiger partial charge in [0.2, 0.25) is 0 Å². The standard InChI is InChI=1S/C14H15N7/c1-9-7-12(21-14(19-9)17-8-18-21)20(2)11-6-4-3-5-10(11)13(15)16/h3-8H,1-2H3,(H3,15,16). The maximum Gasteiger partial charge on any atom is 0.254 e. The first-order valence-electron chi connectivity index (χ1n) is 6.42. The number of fused-ring (bicyclic) bond motifs is 1. The van der Waals surface area contributed by atoms with Crippen molar-refractivity contribution in [1.82, 2.24) is 19.6 Å². The summed E-state index contributed by atoms with van der Waals surface area (Å²) in [6, 6.07) is 9.41. The first-order valence-corrected chi connectivity index (χ1v) is 6.42. The number of para-hydroxylation sites is 1. The van der Waals surface area contributed by atoms with Crippen LogP contribution in [0.5, 0.6) is 0 Å². The smallest absolute Gasteiger partial charge is 0.254 e. The minimum Gasteiger partial charge on any atom is -0.384 e. The van der Waals surface area contributed by atoms with Crippen molar-refractivity contribution in [3.63, 3.8) is 0 Å². The maximum absolute atomic E-state index is 7.71. The van der Waals surface area contributed by atoms with E-state index in [2.05, 4.69) is 15.1 Å². The first kappa shape index (κ1) is 13.0. The van der Waals surface area contributed by atoms with Gasteiger partial charge in [-0.15, -0.1) is 0 Å². The number of aryl methyl sites for hydroxylation is 1. The molecule has 0 radical (unpaired) electrons. The molecule has 3 aromatic rings. The molecule has 1 aromatic carbocycles. The van der Waals surface area contributed by atoms with Crippen LogP contribution < -0.4 is 10.6 Å². The number of nitrogens with zero attached hydrogens (tertiary/aromatic N) is 5. The second-order valence-corrected chi connectivity index (χ2v) is 4.72. The molecule has 0 spiro atoms. The third kappa shape index (κ3) is 2.18. The Morgan fingerprint density at radius 3 is 2.86 bits per heavy atom. The zero-order valence-electron chi connectivity index (χ0n) is 11.8. The van der Waals surface area contributed by atoms with E-state index < -0.39 is 0 Å². The summed E-state index contributed by atoms with van der Waals surface area (Å²) in [4.78, 5) is 10.4. The Balaban J connectivity index is 2.19. The molecule has 0 unspecified atom stereocenters. The van der Waals surface area contributed by atoms with Crippen LogP contribution in [0.25, 0.3) is 5.78 Å². The van der Waals surface area contributed by atoms with Crippen molar-refractivity contribution < 1.29 is 0 Å². The number of nitrogen functional groups attached to an aromatic ring is 1. The van der Waals surface area contributed by atoms with Crippen molar-refractivity contribution in [2.24, 2.45) is 5.73 Å². The van der Waals surface area contributed by atoms with Crippen molar-refractivity contribution in [3.05, 3.63) is 47.9 Å². The van der Waals surface area contributed by atoms with Crippen molar-refractivity contribution in [2.75, 3.05) is 11.9 Å². The lowest BCUT2D eigenvalue weighted by Gasteiger charge is -2.22. The molecule has 2 heterocycles. The van der Waals surface area contributed by atoms with Crippen LogP contribution in [0.2, 0.25) is 0 Å². The monoisotopic (exact) mass is 281 g/mol. The Labute approximate surface area is 121 Å². The van der Waals surface area contributed by atoms with Gasteiger partial charge in [0, 0.05) is 24.4 Å². The summed E-state index contributed by atoms with van der Waals surface area (Å²) in [7, 11) is 1.90. The normalized spacial score (nSPS) is 10.8. The first-order chi connectivity index (χ1) is 10.1. The molecule has 3 N–H and O–H groups in total. The molecule has 0 atom stereocenters. The third-order valence-electron chi connectivity index (χ3n) is 3.26. The average molecular weight is 281 g/mol. The number of benzene rings is 1. The van der Waals surface area contributed by atoms with Gasteiger partial charge in [0.15, 0.2) is 0 Å². The van der Waals surface area contributed by atoms with Gasteiger partial charge in [-0.2, -0.15) is 14.6 Å². The molecule has 0 bridgehead atoms. The van der Waals surface area contributed by atoms with Crippen molar-refractivity contribution in [2.45, 2.75) is 6.92 Å². The summed E-state index contributed by atoms with van der Waals surface area (Å²) in [5.41, 5.74) is 8.00. The van der Waals surface area contributed by atoms with E-state index >= 15 is 0 Å². The second-order valence-electron chi connectivity index (χ2n) is 4.72. The topological polar surface area (TPSA) is 96.2 Å². The minimum atomic E-state index is 0.0260. The Hall–Kier alpha value is -2.96. The van der Waals surface area contributed by atoms with Crippen LogP contribution in [-0.4, -0.2) is 32.5 Å². The summed E-state index contributed by atoms with van der Waals surface area (Å²) in [6.45, 7) is 1.91. The summed E-state index contributed by atoms with van der Waals surface area (Å²) >= 11 is 0. The van der Waals surface area contributed by atoms with E-state index in [9.17, 15) is 0 Å². The number of hydrogen-bond acceptors (Lipinski definition) is 5. The van der Waals surface area contributed by atoms with Crippen LogP contribution in [0.4, 0.5) is 11.5 Å². The molecular formula is C14H15N7. The van der Waals surface area contributed by atoms with Crippen LogP contribution in [0, 0.1) is 12.3 Å². The quantitative estimate of drug-likeness (QED) is 0.560. The molecule has 0 saturated heterocycles. The molecule has 0 fully saturated rings. The van der Waals surface area contributed by atoms with Gasteiger partial charge in [-0.3, -0.25) is 5.41 Å². The predicted molar refractivity (Wildman–Crippen MR) is 81.0 cm³/mol. The lowest BCUT2D eigenvalue weighted by atomic mass is 10.1. The molecule has 0 aliphatic heterocycles. The SMILES string of the molecule is Cc1cc(N(C)c2ccccc2C(=N)N)n2ncnc2n1. The highest BCUT2D eigenvalue weighted by molar-refractivity contribution is 6.01. The lowest BCUT2D eigenvalue weighted by molar-refractivity contribution is 0.903. The molecule has 0 amide bonds. The van der Waals surface area contributed by atoms with E-state index in [1.165, 1.54) is 6.33 Å². The maximum atomic E-state index is 7.71. The molecular weight excluding hydrogens is 266 g/mol. The van der Waals surface area contributed by atoms with E-state index in [4.69, 9.17) is 11.1 Å². The van der Waals surface area contributed by atoms with Gasteiger partial charge in [-0.05, 0) is 19.1 Å². The minimum absolute atomic E-state index is 0.0260. The molecule has 0 aliphatic carbocycles. The molecule has 21 heavy (non-hydrogen) atoms. The van der Waals surface area contributed by atoms with Crippen LogP contribution >= 0.6 is 0 Å². The van der Waals surface area contributed by atoms with E-state index in [1.807, 2.05) is 49.2 Å². The summed E-state index contributed by atoms with van der Waals surface area (Å²) in [5.74, 6) is 1.37. The van der Waals surface area contributed by atoms with Gasteiger partial charge in [-0.25, -0.2) is 4.98 Å². The molecule has 0 aliphatic rings. The highest BCUT2D eigenvalue weighted by atomic mass is 15.4. The second kappa shape index (κ2) is 4.86.